The molecule has 0 saturated heterocycles. The molecule has 0 radical (unpaired) electrons. The van der Waals surface area contributed by atoms with Gasteiger partial charge in [0.2, 0.25) is 0 Å². The molecule has 36 heavy (non-hydrogen) atoms. The molecule has 3 heterocycles. The van der Waals surface area contributed by atoms with Crippen LogP contribution in [0.2, 0.25) is 0 Å². The minimum Gasteiger partial charge on any atom is -0.359 e. The van der Waals surface area contributed by atoms with Gasteiger partial charge in [0.05, 0.1) is 17.6 Å². The predicted molar refractivity (Wildman–Crippen MR) is 130 cm³/mol. The van der Waals surface area contributed by atoms with Gasteiger partial charge in [0.25, 0.3) is 10.0 Å². The number of fused-ring (bicyclic) bond motifs is 1. The molecule has 184 valence electrons. The highest BCUT2D eigenvalue weighted by molar-refractivity contribution is 7.92. The topological polar surface area (TPSA) is 92.7 Å². The van der Waals surface area contributed by atoms with Gasteiger partial charge in [-0.1, -0.05) is 25.1 Å². The van der Waals surface area contributed by atoms with Gasteiger partial charge in [-0.25, -0.2) is 13.1 Å². The quantitative estimate of drug-likeness (QED) is 0.302. The summed E-state index contributed by atoms with van der Waals surface area (Å²) in [6.07, 6.45) is 2.07. The zero-order valence-corrected chi connectivity index (χ0v) is 19.7. The summed E-state index contributed by atoms with van der Waals surface area (Å²) in [5.41, 5.74) is 3.57. The molecule has 2 aromatic carbocycles. The van der Waals surface area contributed by atoms with Crippen LogP contribution in [-0.2, 0) is 22.6 Å². The maximum Gasteiger partial charge on any atom is 0.433 e. The number of hydrogen-bond donors (Lipinski definition) is 2. The normalized spacial score (nSPS) is 12.2. The number of nitrogens with zero attached hydrogens (tertiary/aromatic N) is 3. The van der Waals surface area contributed by atoms with E-state index in [0.29, 0.717) is 23.2 Å². The Balaban J connectivity index is 1.43. The maximum atomic E-state index is 12.8. The zero-order chi connectivity index (χ0) is 25.5. The van der Waals surface area contributed by atoms with Crippen LogP contribution >= 0.6 is 0 Å². The third kappa shape index (κ3) is 4.57. The van der Waals surface area contributed by atoms with E-state index in [0.717, 1.165) is 29.3 Å². The monoisotopic (exact) mass is 511 g/mol. The maximum absolute atomic E-state index is 12.8. The first-order valence-corrected chi connectivity index (χ1v) is 12.4. The summed E-state index contributed by atoms with van der Waals surface area (Å²) >= 11 is 0. The van der Waals surface area contributed by atoms with Gasteiger partial charge in [-0.2, -0.15) is 18.3 Å². The van der Waals surface area contributed by atoms with Crippen LogP contribution in [0.3, 0.4) is 0 Å². The van der Waals surface area contributed by atoms with Crippen LogP contribution < -0.4 is 4.72 Å². The van der Waals surface area contributed by atoms with Crippen LogP contribution in [0.25, 0.3) is 27.7 Å². The molecule has 5 rings (SSSR count). The smallest absolute Gasteiger partial charge is 0.359 e. The molecule has 0 unspecified atom stereocenters. The second-order valence-corrected chi connectivity index (χ2v) is 9.82. The lowest BCUT2D eigenvalue weighted by Gasteiger charge is -2.09. The summed E-state index contributed by atoms with van der Waals surface area (Å²) < 4.78 is 68.1. The number of H-pyrrole nitrogens is 1. The van der Waals surface area contributed by atoms with Crippen LogP contribution in [0, 0.1) is 0 Å². The Morgan fingerprint density at radius 2 is 1.78 bits per heavy atom. The number of pyridine rings is 1. The molecule has 0 saturated carbocycles. The average molecular weight is 512 g/mol. The Morgan fingerprint density at radius 3 is 2.44 bits per heavy atom. The number of rotatable bonds is 6. The van der Waals surface area contributed by atoms with Gasteiger partial charge < -0.3 is 4.98 Å². The van der Waals surface area contributed by atoms with Crippen molar-refractivity contribution in [1.29, 1.82) is 0 Å². The molecule has 0 aliphatic rings. The summed E-state index contributed by atoms with van der Waals surface area (Å²) in [5, 5.41) is 5.04. The summed E-state index contributed by atoms with van der Waals surface area (Å²) in [6.45, 7) is 2.09. The van der Waals surface area contributed by atoms with Gasteiger partial charge >= 0.3 is 6.18 Å². The molecule has 3 aromatic heterocycles. The number of hydrogen-bond acceptors (Lipinski definition) is 4. The van der Waals surface area contributed by atoms with Gasteiger partial charge in [0.15, 0.2) is 0 Å². The fourth-order valence-electron chi connectivity index (χ4n) is 3.79. The molecule has 0 amide bonds. The van der Waals surface area contributed by atoms with E-state index in [-0.39, 0.29) is 10.6 Å². The summed E-state index contributed by atoms with van der Waals surface area (Å²) in [5.74, 6) is 0. The molecule has 5 aromatic rings. The largest absolute Gasteiger partial charge is 0.433 e. The van der Waals surface area contributed by atoms with Crippen LogP contribution in [-0.4, -0.2) is 28.2 Å². The molecule has 0 aliphatic heterocycles. The Hall–Kier alpha value is -4.12. The molecule has 0 bridgehead atoms. The molecular formula is C25H20F3N5O2S. The second kappa shape index (κ2) is 8.83. The highest BCUT2D eigenvalue weighted by atomic mass is 32.2. The Morgan fingerprint density at radius 1 is 1.00 bits per heavy atom. The zero-order valence-electron chi connectivity index (χ0n) is 18.9. The first kappa shape index (κ1) is 23.6. The van der Waals surface area contributed by atoms with Crippen LogP contribution in [0.5, 0.6) is 0 Å². The summed E-state index contributed by atoms with van der Waals surface area (Å²) in [4.78, 5) is 5.86. The molecule has 0 fully saturated rings. The number of alkyl halides is 3. The van der Waals surface area contributed by atoms with Crippen LogP contribution in [0.15, 0.2) is 84.3 Å². The van der Waals surface area contributed by atoms with E-state index in [9.17, 15) is 21.6 Å². The molecule has 11 heteroatoms. The van der Waals surface area contributed by atoms with E-state index in [1.165, 1.54) is 11.8 Å². The molecule has 0 atom stereocenters. The van der Waals surface area contributed by atoms with E-state index in [1.807, 2.05) is 48.7 Å². The number of sulfonamides is 1. The van der Waals surface area contributed by atoms with Crippen molar-refractivity contribution in [3.63, 3.8) is 0 Å². The van der Waals surface area contributed by atoms with Crippen molar-refractivity contribution in [2.45, 2.75) is 24.4 Å². The minimum absolute atomic E-state index is 0.259. The standard InChI is InChI=1S/C25H20F3N5O2S/c1-2-16-3-6-19(7-4-16)33-15-18(12-31-33)17-5-9-22-21(11-17)23(14-29-22)32-36(34,35)20-8-10-24(30-13-20)25(26,27)28/h3-15,29,32H,2H2,1H3. The van der Waals surface area contributed by atoms with E-state index < -0.39 is 21.9 Å². The van der Waals surface area contributed by atoms with Gasteiger partial charge in [-0.05, 0) is 53.9 Å². The number of benzene rings is 2. The first-order chi connectivity index (χ1) is 17.1. The Kier molecular flexibility index (Phi) is 5.79. The van der Waals surface area contributed by atoms with Gasteiger partial charge in [0.1, 0.15) is 10.6 Å². The molecule has 2 N–H and O–H groups in total. The molecule has 0 aliphatic carbocycles. The number of aryl methyl sites for hydroxylation is 1. The van der Waals surface area contributed by atoms with Crippen molar-refractivity contribution in [3.8, 4) is 16.8 Å². The van der Waals surface area contributed by atoms with Crippen molar-refractivity contribution in [1.82, 2.24) is 19.7 Å². The van der Waals surface area contributed by atoms with E-state index in [1.54, 1.807) is 10.9 Å². The van der Waals surface area contributed by atoms with Crippen molar-refractivity contribution < 1.29 is 21.6 Å². The van der Waals surface area contributed by atoms with Crippen molar-refractivity contribution in [2.75, 3.05) is 4.72 Å². The summed E-state index contributed by atoms with van der Waals surface area (Å²) in [6, 6.07) is 15.1. The number of anilines is 1. The lowest BCUT2D eigenvalue weighted by Crippen LogP contribution is -2.14. The van der Waals surface area contributed by atoms with E-state index in [2.05, 4.69) is 26.7 Å². The van der Waals surface area contributed by atoms with Crippen molar-refractivity contribution >= 4 is 26.6 Å². The van der Waals surface area contributed by atoms with Gasteiger partial charge in [-0.3, -0.25) is 9.71 Å². The molecule has 0 spiro atoms. The predicted octanol–water partition coefficient (Wildman–Crippen LogP) is 5.80. The van der Waals surface area contributed by atoms with Gasteiger partial charge in [0, 0.05) is 35.1 Å². The number of halogens is 3. The number of aromatic amines is 1. The SMILES string of the molecule is CCc1ccc(-n2cc(-c3ccc4[nH]cc(NS(=O)(=O)c5ccc(C(F)(F)F)nc5)c4c3)cn2)cc1. The fourth-order valence-corrected chi connectivity index (χ4v) is 4.81. The first-order valence-electron chi connectivity index (χ1n) is 11.0. The number of aromatic nitrogens is 4. The Bertz CT molecular complexity index is 1640. The van der Waals surface area contributed by atoms with E-state index in [4.69, 9.17) is 0 Å². The second-order valence-electron chi connectivity index (χ2n) is 8.14. The lowest BCUT2D eigenvalue weighted by atomic mass is 10.1. The van der Waals surface area contributed by atoms with Gasteiger partial charge in [-0.15, -0.1) is 0 Å². The van der Waals surface area contributed by atoms with Crippen LogP contribution in [0.4, 0.5) is 18.9 Å². The third-order valence-corrected chi connectivity index (χ3v) is 7.14. The fraction of sp³-hybridized carbons (Fsp3) is 0.120. The average Bonchev–Trinajstić information content (AvgIpc) is 3.51. The van der Waals surface area contributed by atoms with Crippen molar-refractivity contribution in [2.24, 2.45) is 0 Å². The molecular weight excluding hydrogens is 491 g/mol. The lowest BCUT2D eigenvalue weighted by molar-refractivity contribution is -0.141. The number of nitrogens with one attached hydrogen (secondary N) is 2. The third-order valence-electron chi connectivity index (χ3n) is 5.79. The minimum atomic E-state index is -4.66. The van der Waals surface area contributed by atoms with Crippen LogP contribution in [0.1, 0.15) is 18.2 Å². The van der Waals surface area contributed by atoms with Crippen molar-refractivity contribution in [3.05, 3.63) is 90.6 Å². The highest BCUT2D eigenvalue weighted by Gasteiger charge is 2.32. The molecule has 7 nitrogen and oxygen atoms in total. The summed E-state index contributed by atoms with van der Waals surface area (Å²) in [7, 11) is -4.17. The van der Waals surface area contributed by atoms with E-state index >= 15 is 0 Å². The highest BCUT2D eigenvalue weighted by Crippen LogP contribution is 2.31. The Labute approximate surface area is 204 Å².